The van der Waals surface area contributed by atoms with Crippen LogP contribution in [0.1, 0.15) is 51.5 Å². The molecule has 2 amide bonds. The maximum atomic E-state index is 12.3. The van der Waals surface area contributed by atoms with Crippen molar-refractivity contribution in [1.29, 1.82) is 0 Å². The Hall–Kier alpha value is -3.02. The second-order valence-corrected chi connectivity index (χ2v) is 5.28. The maximum absolute atomic E-state index is 12.3. The van der Waals surface area contributed by atoms with Crippen LogP contribution in [0.25, 0.3) is 0 Å². The average molecular weight is 325 g/mol. The van der Waals surface area contributed by atoms with Gasteiger partial charge in [-0.25, -0.2) is 0 Å². The number of Topliss-reactive ketones (excluding diaryl/α,β-unsaturated/α-hetero) is 1. The van der Waals surface area contributed by atoms with E-state index in [0.717, 1.165) is 6.42 Å². The lowest BCUT2D eigenvalue weighted by Gasteiger charge is -2.08. The third-order valence-electron chi connectivity index (χ3n) is 3.32. The summed E-state index contributed by atoms with van der Waals surface area (Å²) >= 11 is 0. The first-order chi connectivity index (χ1) is 11.5. The Morgan fingerprint density at radius 2 is 1.83 bits per heavy atom. The topological polar surface area (TPSA) is 88.2 Å². The number of carbonyl (C=O) groups is 3. The Morgan fingerprint density at radius 1 is 1.04 bits per heavy atom. The normalized spacial score (nSPS) is 10.1. The van der Waals surface area contributed by atoms with Crippen LogP contribution >= 0.6 is 0 Å². The SMILES string of the molecule is CCCNC(=O)c1cc(C(=O)Nc2cccc(C(C)=O)c2)ccn1. The van der Waals surface area contributed by atoms with Crippen molar-refractivity contribution in [2.45, 2.75) is 20.3 Å². The van der Waals surface area contributed by atoms with Gasteiger partial charge in [0.1, 0.15) is 5.69 Å². The van der Waals surface area contributed by atoms with Gasteiger partial charge in [0.2, 0.25) is 0 Å². The van der Waals surface area contributed by atoms with Crippen LogP contribution in [0.3, 0.4) is 0 Å². The molecule has 24 heavy (non-hydrogen) atoms. The van der Waals surface area contributed by atoms with Crippen molar-refractivity contribution in [3.8, 4) is 0 Å². The molecular formula is C18H19N3O3. The molecule has 1 aromatic heterocycles. The zero-order valence-corrected chi connectivity index (χ0v) is 13.6. The van der Waals surface area contributed by atoms with Gasteiger partial charge in [0, 0.05) is 29.6 Å². The lowest BCUT2D eigenvalue weighted by Crippen LogP contribution is -2.25. The van der Waals surface area contributed by atoms with Gasteiger partial charge in [-0.2, -0.15) is 0 Å². The summed E-state index contributed by atoms with van der Waals surface area (Å²) in [7, 11) is 0. The van der Waals surface area contributed by atoms with E-state index in [-0.39, 0.29) is 23.3 Å². The molecule has 6 nitrogen and oxygen atoms in total. The van der Waals surface area contributed by atoms with E-state index in [0.29, 0.717) is 23.4 Å². The standard InChI is InChI=1S/C18H19N3O3/c1-3-8-20-18(24)16-11-14(7-9-19-16)17(23)21-15-6-4-5-13(10-15)12(2)22/h4-7,9-11H,3,8H2,1-2H3,(H,20,24)(H,21,23). The van der Waals surface area contributed by atoms with Crippen LogP contribution in [-0.4, -0.2) is 29.1 Å². The smallest absolute Gasteiger partial charge is 0.269 e. The highest BCUT2D eigenvalue weighted by atomic mass is 16.2. The van der Waals surface area contributed by atoms with Gasteiger partial charge in [-0.15, -0.1) is 0 Å². The van der Waals surface area contributed by atoms with Crippen LogP contribution in [0.4, 0.5) is 5.69 Å². The molecule has 0 spiro atoms. The summed E-state index contributed by atoms with van der Waals surface area (Å²) < 4.78 is 0. The first-order valence-electron chi connectivity index (χ1n) is 7.68. The van der Waals surface area contributed by atoms with Crippen molar-refractivity contribution in [2.24, 2.45) is 0 Å². The molecule has 0 radical (unpaired) electrons. The van der Waals surface area contributed by atoms with Crippen LogP contribution in [0.15, 0.2) is 42.6 Å². The van der Waals surface area contributed by atoms with Crippen molar-refractivity contribution < 1.29 is 14.4 Å². The van der Waals surface area contributed by atoms with E-state index in [1.54, 1.807) is 24.3 Å². The van der Waals surface area contributed by atoms with E-state index >= 15 is 0 Å². The van der Waals surface area contributed by atoms with Gasteiger partial charge in [0.15, 0.2) is 5.78 Å². The van der Waals surface area contributed by atoms with Crippen molar-refractivity contribution >= 4 is 23.3 Å². The molecule has 2 N–H and O–H groups in total. The number of hydrogen-bond acceptors (Lipinski definition) is 4. The zero-order chi connectivity index (χ0) is 17.5. The molecule has 0 fully saturated rings. The molecule has 2 rings (SSSR count). The third-order valence-corrected chi connectivity index (χ3v) is 3.32. The Morgan fingerprint density at radius 3 is 2.54 bits per heavy atom. The highest BCUT2D eigenvalue weighted by molar-refractivity contribution is 6.06. The molecule has 2 aromatic rings. The minimum atomic E-state index is -0.373. The number of aromatic nitrogens is 1. The van der Waals surface area contributed by atoms with Gasteiger partial charge in [0.25, 0.3) is 11.8 Å². The summed E-state index contributed by atoms with van der Waals surface area (Å²) in [5.41, 5.74) is 1.54. The monoisotopic (exact) mass is 325 g/mol. The van der Waals surface area contributed by atoms with Crippen LogP contribution in [0.5, 0.6) is 0 Å². The van der Waals surface area contributed by atoms with Crippen LogP contribution in [0, 0.1) is 0 Å². The molecule has 0 aliphatic heterocycles. The van der Waals surface area contributed by atoms with Crippen LogP contribution in [-0.2, 0) is 0 Å². The largest absolute Gasteiger partial charge is 0.351 e. The molecule has 0 saturated heterocycles. The summed E-state index contributed by atoms with van der Waals surface area (Å²) in [6.45, 7) is 3.96. The zero-order valence-electron chi connectivity index (χ0n) is 13.6. The number of benzene rings is 1. The number of nitrogens with one attached hydrogen (secondary N) is 2. The van der Waals surface area contributed by atoms with E-state index < -0.39 is 0 Å². The number of nitrogens with zero attached hydrogens (tertiary/aromatic N) is 1. The summed E-state index contributed by atoms with van der Waals surface area (Å²) in [5.74, 6) is -0.766. The van der Waals surface area contributed by atoms with E-state index in [2.05, 4.69) is 15.6 Å². The third kappa shape index (κ3) is 4.49. The van der Waals surface area contributed by atoms with Crippen LogP contribution in [0.2, 0.25) is 0 Å². The Bertz CT molecular complexity index is 772. The fraction of sp³-hybridized carbons (Fsp3) is 0.222. The number of anilines is 1. The Balaban J connectivity index is 2.14. The molecule has 0 unspecified atom stereocenters. The van der Waals surface area contributed by atoms with Crippen molar-refractivity contribution in [1.82, 2.24) is 10.3 Å². The van der Waals surface area contributed by atoms with Gasteiger partial charge in [0.05, 0.1) is 0 Å². The predicted molar refractivity (Wildman–Crippen MR) is 91.3 cm³/mol. The minimum Gasteiger partial charge on any atom is -0.351 e. The lowest BCUT2D eigenvalue weighted by molar-refractivity contribution is 0.0947. The maximum Gasteiger partial charge on any atom is 0.269 e. The Kier molecular flexibility index (Phi) is 5.78. The summed E-state index contributed by atoms with van der Waals surface area (Å²) in [6, 6.07) is 9.65. The number of pyridine rings is 1. The van der Waals surface area contributed by atoms with E-state index in [1.165, 1.54) is 25.3 Å². The number of carbonyl (C=O) groups excluding carboxylic acids is 3. The first-order valence-corrected chi connectivity index (χ1v) is 7.68. The molecule has 0 atom stereocenters. The molecule has 0 aliphatic rings. The Labute approximate surface area is 140 Å². The fourth-order valence-electron chi connectivity index (χ4n) is 2.04. The highest BCUT2D eigenvalue weighted by Gasteiger charge is 2.12. The molecular weight excluding hydrogens is 306 g/mol. The van der Waals surface area contributed by atoms with E-state index in [4.69, 9.17) is 0 Å². The van der Waals surface area contributed by atoms with E-state index in [9.17, 15) is 14.4 Å². The highest BCUT2D eigenvalue weighted by Crippen LogP contribution is 2.13. The quantitative estimate of drug-likeness (QED) is 0.799. The first kappa shape index (κ1) is 17.3. The van der Waals surface area contributed by atoms with Crippen molar-refractivity contribution in [3.63, 3.8) is 0 Å². The van der Waals surface area contributed by atoms with Crippen molar-refractivity contribution in [3.05, 3.63) is 59.4 Å². The minimum absolute atomic E-state index is 0.0788. The summed E-state index contributed by atoms with van der Waals surface area (Å²) in [6.07, 6.45) is 2.24. The second-order valence-electron chi connectivity index (χ2n) is 5.28. The summed E-state index contributed by atoms with van der Waals surface area (Å²) in [4.78, 5) is 39.6. The average Bonchev–Trinajstić information content (AvgIpc) is 2.60. The number of amides is 2. The number of hydrogen-bond donors (Lipinski definition) is 2. The number of rotatable bonds is 6. The molecule has 1 heterocycles. The van der Waals surface area contributed by atoms with Gasteiger partial charge >= 0.3 is 0 Å². The van der Waals surface area contributed by atoms with Crippen LogP contribution < -0.4 is 10.6 Å². The van der Waals surface area contributed by atoms with Gasteiger partial charge in [-0.3, -0.25) is 19.4 Å². The predicted octanol–water partition coefficient (Wildman–Crippen LogP) is 2.68. The fourth-order valence-corrected chi connectivity index (χ4v) is 2.04. The molecule has 124 valence electrons. The van der Waals surface area contributed by atoms with Gasteiger partial charge in [-0.1, -0.05) is 19.1 Å². The van der Waals surface area contributed by atoms with E-state index in [1.807, 2.05) is 6.92 Å². The molecule has 0 saturated carbocycles. The molecule has 1 aromatic carbocycles. The molecule has 6 heteroatoms. The van der Waals surface area contributed by atoms with Gasteiger partial charge < -0.3 is 10.6 Å². The number of ketones is 1. The van der Waals surface area contributed by atoms with Crippen molar-refractivity contribution in [2.75, 3.05) is 11.9 Å². The molecule has 0 aliphatic carbocycles. The summed E-state index contributed by atoms with van der Waals surface area (Å²) in [5, 5.41) is 5.43. The lowest BCUT2D eigenvalue weighted by atomic mass is 10.1. The van der Waals surface area contributed by atoms with Gasteiger partial charge in [-0.05, 0) is 37.6 Å². The second kappa shape index (κ2) is 8.01. The molecule has 0 bridgehead atoms.